The molecular weight excluding hydrogens is 394 g/mol. The first-order chi connectivity index (χ1) is 14.9. The number of carbonyl (C=O) groups excluding carboxylic acids is 2. The van der Waals surface area contributed by atoms with Gasteiger partial charge in [-0.15, -0.1) is 0 Å². The van der Waals surface area contributed by atoms with Crippen LogP contribution in [0.3, 0.4) is 0 Å². The third-order valence-corrected chi connectivity index (χ3v) is 5.85. The minimum atomic E-state index is -0.528. The topological polar surface area (TPSA) is 82.5 Å². The van der Waals surface area contributed by atoms with Crippen LogP contribution in [0.4, 0.5) is 5.82 Å². The summed E-state index contributed by atoms with van der Waals surface area (Å²) >= 11 is 0. The Labute approximate surface area is 184 Å². The number of rotatable bonds is 8. The molecule has 168 valence electrons. The summed E-state index contributed by atoms with van der Waals surface area (Å²) in [6.07, 6.45) is 3.41. The molecule has 1 aromatic heterocycles. The molecule has 1 aliphatic rings. The van der Waals surface area contributed by atoms with Gasteiger partial charge in [0.1, 0.15) is 12.4 Å². The quantitative estimate of drug-likeness (QED) is 0.629. The summed E-state index contributed by atoms with van der Waals surface area (Å²) in [7, 11) is 0. The summed E-state index contributed by atoms with van der Waals surface area (Å²) in [6, 6.07) is 10.9. The summed E-state index contributed by atoms with van der Waals surface area (Å²) < 4.78 is 12.7. The molecule has 0 aliphatic heterocycles. The zero-order valence-corrected chi connectivity index (χ0v) is 18.8. The zero-order chi connectivity index (χ0) is 22.4. The molecule has 2 aromatic rings. The van der Waals surface area contributed by atoms with Crippen molar-refractivity contribution in [3.05, 3.63) is 42.1 Å². The number of anilines is 1. The Kier molecular flexibility index (Phi) is 7.85. The lowest BCUT2D eigenvalue weighted by Crippen LogP contribution is -2.36. The SMILES string of the molecule is CCOC(=O)c1cc(NC(=O)CO[C@@H]2C[C@H](C)CC[C@H]2C(C)C)n(-c2ccccc2)n1. The fraction of sp³-hybridized carbons (Fsp3) is 0.542. The van der Waals surface area contributed by atoms with E-state index in [4.69, 9.17) is 9.47 Å². The lowest BCUT2D eigenvalue weighted by atomic mass is 9.75. The molecule has 1 aromatic carbocycles. The first kappa shape index (κ1) is 23.0. The number of esters is 1. The molecule has 1 saturated carbocycles. The van der Waals surface area contributed by atoms with E-state index in [9.17, 15) is 9.59 Å². The van der Waals surface area contributed by atoms with Crippen molar-refractivity contribution in [3.63, 3.8) is 0 Å². The first-order valence-corrected chi connectivity index (χ1v) is 11.1. The maximum atomic E-state index is 12.7. The molecule has 7 nitrogen and oxygen atoms in total. The Morgan fingerprint density at radius 2 is 1.97 bits per heavy atom. The van der Waals surface area contributed by atoms with Gasteiger partial charge in [0.05, 0.1) is 18.4 Å². The molecule has 3 atom stereocenters. The van der Waals surface area contributed by atoms with Crippen LogP contribution in [0.25, 0.3) is 5.69 Å². The fourth-order valence-electron chi connectivity index (χ4n) is 4.21. The van der Waals surface area contributed by atoms with Crippen molar-refractivity contribution in [1.29, 1.82) is 0 Å². The normalized spacial score (nSPS) is 21.1. The van der Waals surface area contributed by atoms with Crippen molar-refractivity contribution in [2.75, 3.05) is 18.5 Å². The first-order valence-electron chi connectivity index (χ1n) is 11.1. The lowest BCUT2D eigenvalue weighted by molar-refractivity contribution is -0.126. The van der Waals surface area contributed by atoms with Gasteiger partial charge in [0.25, 0.3) is 5.91 Å². The van der Waals surface area contributed by atoms with Crippen molar-refractivity contribution >= 4 is 17.7 Å². The highest BCUT2D eigenvalue weighted by atomic mass is 16.5. The fourth-order valence-corrected chi connectivity index (χ4v) is 4.21. The van der Waals surface area contributed by atoms with Gasteiger partial charge >= 0.3 is 5.97 Å². The van der Waals surface area contributed by atoms with E-state index in [-0.39, 0.29) is 30.9 Å². The second-order valence-electron chi connectivity index (χ2n) is 8.61. The van der Waals surface area contributed by atoms with Gasteiger partial charge in [-0.05, 0) is 49.7 Å². The molecule has 7 heteroatoms. The van der Waals surface area contributed by atoms with Crippen LogP contribution in [0, 0.1) is 17.8 Å². The Balaban J connectivity index is 1.72. The van der Waals surface area contributed by atoms with Crippen molar-refractivity contribution in [2.45, 2.75) is 53.1 Å². The molecule has 1 amide bonds. The van der Waals surface area contributed by atoms with Crippen LogP contribution >= 0.6 is 0 Å². The number of hydrogen-bond donors (Lipinski definition) is 1. The van der Waals surface area contributed by atoms with Crippen molar-refractivity contribution < 1.29 is 19.1 Å². The number of hydrogen-bond acceptors (Lipinski definition) is 5. The minimum absolute atomic E-state index is 0.0324. The summed E-state index contributed by atoms with van der Waals surface area (Å²) in [4.78, 5) is 24.9. The van der Waals surface area contributed by atoms with Gasteiger partial charge in [0.15, 0.2) is 5.69 Å². The highest BCUT2D eigenvalue weighted by Crippen LogP contribution is 2.35. The monoisotopic (exact) mass is 427 g/mol. The van der Waals surface area contributed by atoms with Crippen LogP contribution in [0.5, 0.6) is 0 Å². The predicted octanol–water partition coefficient (Wildman–Crippen LogP) is 4.46. The third-order valence-electron chi connectivity index (χ3n) is 5.85. The lowest BCUT2D eigenvalue weighted by Gasteiger charge is -2.37. The average molecular weight is 428 g/mol. The summed E-state index contributed by atoms with van der Waals surface area (Å²) in [5.41, 5.74) is 0.873. The van der Waals surface area contributed by atoms with E-state index >= 15 is 0 Å². The molecule has 1 N–H and O–H groups in total. The van der Waals surface area contributed by atoms with E-state index in [0.29, 0.717) is 23.6 Å². The number of ether oxygens (including phenoxy) is 2. The molecule has 3 rings (SSSR count). The van der Waals surface area contributed by atoms with Crippen molar-refractivity contribution in [1.82, 2.24) is 9.78 Å². The van der Waals surface area contributed by atoms with Gasteiger partial charge in [0.2, 0.25) is 0 Å². The van der Waals surface area contributed by atoms with Gasteiger partial charge in [-0.2, -0.15) is 5.10 Å². The van der Waals surface area contributed by atoms with Gasteiger partial charge < -0.3 is 14.8 Å². The molecule has 0 radical (unpaired) electrons. The second-order valence-corrected chi connectivity index (χ2v) is 8.61. The maximum Gasteiger partial charge on any atom is 0.358 e. The van der Waals surface area contributed by atoms with Gasteiger partial charge in [-0.3, -0.25) is 4.79 Å². The molecule has 1 fully saturated rings. The highest BCUT2D eigenvalue weighted by molar-refractivity contribution is 5.94. The minimum Gasteiger partial charge on any atom is -0.461 e. The number of carbonyl (C=O) groups is 2. The smallest absolute Gasteiger partial charge is 0.358 e. The molecular formula is C24H33N3O4. The van der Waals surface area contributed by atoms with Crippen molar-refractivity contribution in [2.24, 2.45) is 17.8 Å². The molecule has 1 aliphatic carbocycles. The Bertz CT molecular complexity index is 878. The van der Waals surface area contributed by atoms with E-state index in [1.807, 2.05) is 30.3 Å². The van der Waals surface area contributed by atoms with Crippen molar-refractivity contribution in [3.8, 4) is 5.69 Å². The van der Waals surface area contributed by atoms with E-state index in [0.717, 1.165) is 18.5 Å². The maximum absolute atomic E-state index is 12.7. The molecule has 31 heavy (non-hydrogen) atoms. The zero-order valence-electron chi connectivity index (χ0n) is 18.8. The predicted molar refractivity (Wildman–Crippen MR) is 119 cm³/mol. The molecule has 0 spiro atoms. The number of benzene rings is 1. The average Bonchev–Trinajstić information content (AvgIpc) is 3.16. The summed E-state index contributed by atoms with van der Waals surface area (Å²) in [5, 5.41) is 7.18. The van der Waals surface area contributed by atoms with Crippen LogP contribution in [-0.2, 0) is 14.3 Å². The van der Waals surface area contributed by atoms with Crippen LogP contribution in [0.15, 0.2) is 36.4 Å². The van der Waals surface area contributed by atoms with Crippen LogP contribution in [-0.4, -0.2) is 41.0 Å². The van der Waals surface area contributed by atoms with E-state index in [1.165, 1.54) is 17.2 Å². The van der Waals surface area contributed by atoms with Crippen LogP contribution < -0.4 is 5.32 Å². The molecule has 0 unspecified atom stereocenters. The third kappa shape index (κ3) is 5.94. The molecule has 0 bridgehead atoms. The second kappa shape index (κ2) is 10.6. The number of nitrogens with one attached hydrogen (secondary N) is 1. The number of nitrogens with zero attached hydrogens (tertiary/aromatic N) is 2. The highest BCUT2D eigenvalue weighted by Gasteiger charge is 2.31. The standard InChI is InChI=1S/C24H33N3O4/c1-5-30-24(29)20-14-22(27(26-20)18-9-7-6-8-10-18)25-23(28)15-31-21-13-17(4)11-12-19(21)16(2)3/h6-10,14,16-17,19,21H,5,11-13,15H2,1-4H3,(H,25,28)/t17-,19+,21-/m1/s1. The Hall–Kier alpha value is -2.67. The van der Waals surface area contributed by atoms with E-state index < -0.39 is 5.97 Å². The number of amides is 1. The van der Waals surface area contributed by atoms with Gasteiger partial charge in [-0.25, -0.2) is 9.48 Å². The summed E-state index contributed by atoms with van der Waals surface area (Å²) in [6.45, 7) is 8.63. The Morgan fingerprint density at radius 1 is 1.23 bits per heavy atom. The molecule has 1 heterocycles. The largest absolute Gasteiger partial charge is 0.461 e. The number of para-hydroxylation sites is 1. The van der Waals surface area contributed by atoms with Gasteiger partial charge in [-0.1, -0.05) is 45.4 Å². The van der Waals surface area contributed by atoms with Gasteiger partial charge in [0, 0.05) is 6.07 Å². The summed E-state index contributed by atoms with van der Waals surface area (Å²) in [5.74, 6) is 1.20. The van der Waals surface area contributed by atoms with E-state index in [1.54, 1.807) is 6.92 Å². The Morgan fingerprint density at radius 3 is 2.65 bits per heavy atom. The molecule has 0 saturated heterocycles. The van der Waals surface area contributed by atoms with Crippen LogP contribution in [0.2, 0.25) is 0 Å². The van der Waals surface area contributed by atoms with E-state index in [2.05, 4.69) is 31.2 Å². The number of aromatic nitrogens is 2. The van der Waals surface area contributed by atoms with Crippen LogP contribution in [0.1, 0.15) is 57.4 Å².